The highest BCUT2D eigenvalue weighted by molar-refractivity contribution is 7.84. The lowest BCUT2D eigenvalue weighted by Crippen LogP contribution is -2.24. The van der Waals surface area contributed by atoms with Gasteiger partial charge in [-0.3, -0.25) is 4.18 Å². The third-order valence-corrected chi connectivity index (χ3v) is 2.14. The minimum Gasteiger partial charge on any atom is -0.258 e. The molecule has 0 radical (unpaired) electrons. The summed E-state index contributed by atoms with van der Waals surface area (Å²) in [6.45, 7) is 1.81. The minimum absolute atomic E-state index is 0.181. The third-order valence-electron chi connectivity index (χ3n) is 0.714. The zero-order chi connectivity index (χ0) is 7.49. The normalized spacial score (nSPS) is 12.4. The molecule has 0 aromatic rings. The highest BCUT2D eigenvalue weighted by Gasteiger charge is 2.11. The molecule has 0 aromatic carbocycles. The van der Waals surface area contributed by atoms with Gasteiger partial charge in [0.2, 0.25) is 0 Å². The van der Waals surface area contributed by atoms with Crippen LogP contribution < -0.4 is 0 Å². The van der Waals surface area contributed by atoms with E-state index >= 15 is 0 Å². The SMILES string of the molecule is CCOS(=O)(=O)N(C)C. The van der Waals surface area contributed by atoms with Crippen molar-refractivity contribution in [2.24, 2.45) is 0 Å². The lowest BCUT2D eigenvalue weighted by atomic mass is 10.9. The van der Waals surface area contributed by atoms with Crippen LogP contribution in [0.2, 0.25) is 0 Å². The van der Waals surface area contributed by atoms with Gasteiger partial charge in [-0.05, 0) is 6.92 Å². The molecular formula is C4H11NO3S. The molecule has 0 aromatic heterocycles. The van der Waals surface area contributed by atoms with Crippen LogP contribution in [0, 0.1) is 0 Å². The van der Waals surface area contributed by atoms with Crippen molar-refractivity contribution >= 4 is 10.3 Å². The van der Waals surface area contributed by atoms with Crippen LogP contribution in [0.25, 0.3) is 0 Å². The Morgan fingerprint density at radius 1 is 1.44 bits per heavy atom. The molecule has 9 heavy (non-hydrogen) atoms. The minimum atomic E-state index is -3.41. The molecule has 0 aliphatic heterocycles. The first-order chi connectivity index (χ1) is 4.00. The van der Waals surface area contributed by atoms with E-state index in [1.807, 2.05) is 0 Å². The van der Waals surface area contributed by atoms with E-state index in [0.717, 1.165) is 4.31 Å². The fourth-order valence-corrected chi connectivity index (χ4v) is 0.763. The summed E-state index contributed by atoms with van der Waals surface area (Å²) < 4.78 is 26.7. The molecule has 0 saturated carbocycles. The summed E-state index contributed by atoms with van der Waals surface area (Å²) in [7, 11) is -0.572. The second-order valence-corrected chi connectivity index (χ2v) is 3.47. The number of rotatable bonds is 3. The summed E-state index contributed by atoms with van der Waals surface area (Å²) in [5, 5.41) is 0. The molecule has 5 heteroatoms. The van der Waals surface area contributed by atoms with E-state index in [-0.39, 0.29) is 6.61 Å². The Kier molecular flexibility index (Phi) is 3.10. The molecule has 4 nitrogen and oxygen atoms in total. The van der Waals surface area contributed by atoms with Gasteiger partial charge in [0.15, 0.2) is 0 Å². The Hall–Kier alpha value is -0.130. The van der Waals surface area contributed by atoms with Crippen molar-refractivity contribution in [2.75, 3.05) is 20.7 Å². The zero-order valence-corrected chi connectivity index (χ0v) is 6.60. The topological polar surface area (TPSA) is 46.6 Å². The summed E-state index contributed by atoms with van der Waals surface area (Å²) >= 11 is 0. The fraction of sp³-hybridized carbons (Fsp3) is 1.00. The van der Waals surface area contributed by atoms with Gasteiger partial charge < -0.3 is 0 Å². The van der Waals surface area contributed by atoms with Crippen LogP contribution in [0.3, 0.4) is 0 Å². The number of hydrogen-bond donors (Lipinski definition) is 0. The number of hydrogen-bond acceptors (Lipinski definition) is 3. The van der Waals surface area contributed by atoms with E-state index in [0.29, 0.717) is 0 Å². The van der Waals surface area contributed by atoms with Crippen molar-refractivity contribution in [1.29, 1.82) is 0 Å². The van der Waals surface area contributed by atoms with E-state index in [4.69, 9.17) is 0 Å². The van der Waals surface area contributed by atoms with Crippen molar-refractivity contribution in [2.45, 2.75) is 6.92 Å². The van der Waals surface area contributed by atoms with Crippen LogP contribution in [0.15, 0.2) is 0 Å². The molecule has 0 atom stereocenters. The Balaban J connectivity index is 4.05. The average molecular weight is 153 g/mol. The summed E-state index contributed by atoms with van der Waals surface area (Å²) in [5.41, 5.74) is 0. The zero-order valence-electron chi connectivity index (χ0n) is 5.79. The predicted octanol–water partition coefficient (Wildman–Crippen LogP) is -0.171. The molecule has 0 N–H and O–H groups in total. The van der Waals surface area contributed by atoms with Gasteiger partial charge >= 0.3 is 10.3 Å². The fourth-order valence-electron chi connectivity index (χ4n) is 0.254. The van der Waals surface area contributed by atoms with E-state index in [1.54, 1.807) is 6.92 Å². The quantitative estimate of drug-likeness (QED) is 0.565. The largest absolute Gasteiger partial charge is 0.337 e. The van der Waals surface area contributed by atoms with E-state index in [2.05, 4.69) is 4.18 Å². The van der Waals surface area contributed by atoms with Crippen LogP contribution in [0.5, 0.6) is 0 Å². The smallest absolute Gasteiger partial charge is 0.258 e. The summed E-state index contributed by atoms with van der Waals surface area (Å²) in [6, 6.07) is 0. The van der Waals surface area contributed by atoms with Crippen LogP contribution in [0.4, 0.5) is 0 Å². The molecule has 0 rings (SSSR count). The van der Waals surface area contributed by atoms with Gasteiger partial charge in [0.25, 0.3) is 0 Å². The Morgan fingerprint density at radius 3 is 2.00 bits per heavy atom. The standard InChI is InChI=1S/C4H11NO3S/c1-4-8-9(6,7)5(2)3/h4H2,1-3H3. The monoisotopic (exact) mass is 153 g/mol. The highest BCUT2D eigenvalue weighted by Crippen LogP contribution is 1.94. The van der Waals surface area contributed by atoms with Gasteiger partial charge in [-0.25, -0.2) is 0 Å². The van der Waals surface area contributed by atoms with Crippen molar-refractivity contribution in [1.82, 2.24) is 4.31 Å². The molecule has 0 bridgehead atoms. The predicted molar refractivity (Wildman–Crippen MR) is 34.2 cm³/mol. The second-order valence-electron chi connectivity index (χ2n) is 1.65. The highest BCUT2D eigenvalue weighted by atomic mass is 32.2. The first kappa shape index (κ1) is 8.87. The van der Waals surface area contributed by atoms with E-state index < -0.39 is 10.3 Å². The van der Waals surface area contributed by atoms with Crippen molar-refractivity contribution < 1.29 is 12.6 Å². The van der Waals surface area contributed by atoms with Crippen LogP contribution in [0.1, 0.15) is 6.92 Å². The molecule has 0 aliphatic rings. The molecule has 0 amide bonds. The van der Waals surface area contributed by atoms with Gasteiger partial charge in [-0.15, -0.1) is 0 Å². The second kappa shape index (κ2) is 3.14. The maximum atomic E-state index is 10.6. The van der Waals surface area contributed by atoms with Gasteiger partial charge in [0, 0.05) is 14.1 Å². The summed E-state index contributed by atoms with van der Waals surface area (Å²) in [4.78, 5) is 0. The molecule has 0 heterocycles. The Morgan fingerprint density at radius 2 is 1.89 bits per heavy atom. The van der Waals surface area contributed by atoms with E-state index in [1.165, 1.54) is 14.1 Å². The molecule has 0 fully saturated rings. The average Bonchev–Trinajstić information content (AvgIpc) is 1.65. The molecule has 0 saturated heterocycles. The van der Waals surface area contributed by atoms with Gasteiger partial charge in [-0.1, -0.05) is 0 Å². The van der Waals surface area contributed by atoms with Crippen molar-refractivity contribution in [3.05, 3.63) is 0 Å². The van der Waals surface area contributed by atoms with Crippen molar-refractivity contribution in [3.63, 3.8) is 0 Å². The first-order valence-electron chi connectivity index (χ1n) is 2.57. The summed E-state index contributed by atoms with van der Waals surface area (Å²) in [6.07, 6.45) is 0. The molecule has 0 spiro atoms. The van der Waals surface area contributed by atoms with Gasteiger partial charge in [0.05, 0.1) is 6.61 Å². The van der Waals surface area contributed by atoms with E-state index in [9.17, 15) is 8.42 Å². The lowest BCUT2D eigenvalue weighted by Gasteiger charge is -2.08. The first-order valence-corrected chi connectivity index (χ1v) is 3.94. The maximum absolute atomic E-state index is 10.6. The van der Waals surface area contributed by atoms with Crippen LogP contribution in [-0.4, -0.2) is 33.4 Å². The molecular weight excluding hydrogens is 142 g/mol. The third kappa shape index (κ3) is 2.78. The van der Waals surface area contributed by atoms with Crippen LogP contribution in [-0.2, 0) is 14.5 Å². The lowest BCUT2D eigenvalue weighted by molar-refractivity contribution is 0.305. The molecule has 56 valence electrons. The number of nitrogens with zero attached hydrogens (tertiary/aromatic N) is 1. The van der Waals surface area contributed by atoms with Gasteiger partial charge in [0.1, 0.15) is 0 Å². The summed E-state index contributed by atoms with van der Waals surface area (Å²) in [5.74, 6) is 0. The van der Waals surface area contributed by atoms with Crippen molar-refractivity contribution in [3.8, 4) is 0 Å². The Bertz CT molecular complexity index is 161. The molecule has 0 aliphatic carbocycles. The van der Waals surface area contributed by atoms with Gasteiger partial charge in [-0.2, -0.15) is 12.7 Å². The Labute approximate surface area is 55.7 Å². The maximum Gasteiger partial charge on any atom is 0.337 e. The van der Waals surface area contributed by atoms with Crippen LogP contribution >= 0.6 is 0 Å². The molecule has 0 unspecified atom stereocenters.